The van der Waals surface area contributed by atoms with Crippen LogP contribution in [0.2, 0.25) is 0 Å². The van der Waals surface area contributed by atoms with Crippen LogP contribution in [0.5, 0.6) is 11.5 Å². The van der Waals surface area contributed by atoms with E-state index < -0.39 is 28.9 Å². The van der Waals surface area contributed by atoms with Crippen molar-refractivity contribution >= 4 is 11.8 Å². The molecule has 86 valence electrons. The van der Waals surface area contributed by atoms with Crippen molar-refractivity contribution in [3.05, 3.63) is 23.3 Å². The fourth-order valence-corrected chi connectivity index (χ4v) is 1.14. The molecule has 0 atom stereocenters. The number of nitrogens with one attached hydrogen (secondary N) is 2. The van der Waals surface area contributed by atoms with Gasteiger partial charge in [0.1, 0.15) is 17.1 Å². The number of carbonyl (C=O) groups excluding carboxylic acids is 2. The Morgan fingerprint density at radius 3 is 2.12 bits per heavy atom. The maximum atomic E-state index is 11.2. The lowest BCUT2D eigenvalue weighted by molar-refractivity contribution is 0.0946. The normalized spacial score (nSPS) is 9.62. The number of phenolic OH excluding ortho intramolecular Hbond substituents is 2. The van der Waals surface area contributed by atoms with Crippen LogP contribution >= 0.6 is 0 Å². The van der Waals surface area contributed by atoms with E-state index in [0.717, 1.165) is 12.1 Å². The van der Waals surface area contributed by atoms with Crippen molar-refractivity contribution in [2.45, 2.75) is 0 Å². The maximum Gasteiger partial charge on any atom is 0.272 e. The molecule has 0 radical (unpaired) electrons. The van der Waals surface area contributed by atoms with E-state index in [-0.39, 0.29) is 5.56 Å². The fraction of sp³-hybridized carbons (Fsp3) is 0. The highest BCUT2D eigenvalue weighted by Crippen LogP contribution is 2.30. The van der Waals surface area contributed by atoms with Crippen LogP contribution < -0.4 is 22.5 Å². The lowest BCUT2D eigenvalue weighted by Crippen LogP contribution is -2.32. The molecule has 8 heteroatoms. The molecule has 0 saturated heterocycles. The van der Waals surface area contributed by atoms with Gasteiger partial charge in [0, 0.05) is 0 Å². The molecule has 0 fully saturated rings. The van der Waals surface area contributed by atoms with E-state index >= 15 is 0 Å². The van der Waals surface area contributed by atoms with Crippen molar-refractivity contribution < 1.29 is 19.8 Å². The average molecular weight is 226 g/mol. The second-order valence-electron chi connectivity index (χ2n) is 2.80. The third-order valence-corrected chi connectivity index (χ3v) is 1.89. The fourth-order valence-electron chi connectivity index (χ4n) is 1.14. The molecule has 1 aromatic carbocycles. The van der Waals surface area contributed by atoms with E-state index in [1.165, 1.54) is 0 Å². The van der Waals surface area contributed by atoms with Gasteiger partial charge in [0.2, 0.25) is 0 Å². The molecule has 0 aliphatic rings. The summed E-state index contributed by atoms with van der Waals surface area (Å²) in [6.07, 6.45) is 0. The zero-order chi connectivity index (χ0) is 12.3. The molecule has 0 spiro atoms. The standard InChI is InChI=1S/C8H10N4O4/c9-11-7(15)3-1-2-4(13)5(6(3)14)8(16)12-10/h1-2,13-14H,9-10H2,(H,11,15)(H,12,16). The van der Waals surface area contributed by atoms with Crippen LogP contribution in [0.1, 0.15) is 20.7 Å². The summed E-state index contributed by atoms with van der Waals surface area (Å²) < 4.78 is 0. The first-order valence-electron chi connectivity index (χ1n) is 4.09. The lowest BCUT2D eigenvalue weighted by Gasteiger charge is -2.09. The molecular weight excluding hydrogens is 216 g/mol. The molecule has 1 aromatic rings. The van der Waals surface area contributed by atoms with E-state index in [2.05, 4.69) is 0 Å². The van der Waals surface area contributed by atoms with Crippen LogP contribution in [0.3, 0.4) is 0 Å². The largest absolute Gasteiger partial charge is 0.507 e. The zero-order valence-electron chi connectivity index (χ0n) is 8.02. The number of nitrogen functional groups attached to an aromatic ring is 2. The molecule has 1 rings (SSSR count). The number of carbonyl (C=O) groups is 2. The third-order valence-electron chi connectivity index (χ3n) is 1.89. The summed E-state index contributed by atoms with van der Waals surface area (Å²) in [6, 6.07) is 2.18. The van der Waals surface area contributed by atoms with Crippen molar-refractivity contribution in [3.63, 3.8) is 0 Å². The smallest absolute Gasteiger partial charge is 0.272 e. The maximum absolute atomic E-state index is 11.2. The van der Waals surface area contributed by atoms with Crippen molar-refractivity contribution in [2.24, 2.45) is 11.7 Å². The van der Waals surface area contributed by atoms with Crippen molar-refractivity contribution in [2.75, 3.05) is 0 Å². The first kappa shape index (κ1) is 11.8. The van der Waals surface area contributed by atoms with Gasteiger partial charge in [-0.25, -0.2) is 11.7 Å². The zero-order valence-corrected chi connectivity index (χ0v) is 8.02. The number of amides is 2. The molecule has 0 unspecified atom stereocenters. The first-order chi connectivity index (χ1) is 7.52. The molecule has 0 bridgehead atoms. The number of phenols is 2. The summed E-state index contributed by atoms with van der Waals surface area (Å²) in [5.41, 5.74) is 2.76. The van der Waals surface area contributed by atoms with Gasteiger partial charge in [-0.15, -0.1) is 0 Å². The Kier molecular flexibility index (Phi) is 3.28. The van der Waals surface area contributed by atoms with E-state index in [1.807, 2.05) is 0 Å². The number of benzene rings is 1. The quantitative estimate of drug-likeness (QED) is 0.201. The average Bonchev–Trinajstić information content (AvgIpc) is 2.28. The Labute approximate surface area is 89.8 Å². The van der Waals surface area contributed by atoms with Gasteiger partial charge in [-0.2, -0.15) is 0 Å². The Bertz CT molecular complexity index is 446. The van der Waals surface area contributed by atoms with Crippen molar-refractivity contribution in [1.29, 1.82) is 0 Å². The molecule has 0 saturated carbocycles. The van der Waals surface area contributed by atoms with Crippen LogP contribution in [0.25, 0.3) is 0 Å². The molecule has 0 heterocycles. The van der Waals surface area contributed by atoms with Crippen molar-refractivity contribution in [1.82, 2.24) is 10.9 Å². The summed E-state index contributed by atoms with van der Waals surface area (Å²) in [6.45, 7) is 0. The van der Waals surface area contributed by atoms with E-state index in [0.29, 0.717) is 0 Å². The van der Waals surface area contributed by atoms with Gasteiger partial charge < -0.3 is 10.2 Å². The van der Waals surface area contributed by atoms with Crippen molar-refractivity contribution in [3.8, 4) is 11.5 Å². The van der Waals surface area contributed by atoms with Gasteiger partial charge in [0.15, 0.2) is 0 Å². The van der Waals surface area contributed by atoms with Gasteiger partial charge in [-0.05, 0) is 12.1 Å². The first-order valence-corrected chi connectivity index (χ1v) is 4.09. The van der Waals surface area contributed by atoms with Crippen LogP contribution in [0, 0.1) is 0 Å². The number of aromatic hydroxyl groups is 2. The minimum Gasteiger partial charge on any atom is -0.507 e. The number of hydrogen-bond donors (Lipinski definition) is 6. The predicted octanol–water partition coefficient (Wildman–Crippen LogP) is -1.70. The molecule has 16 heavy (non-hydrogen) atoms. The van der Waals surface area contributed by atoms with E-state index in [4.69, 9.17) is 11.7 Å². The van der Waals surface area contributed by atoms with E-state index in [1.54, 1.807) is 10.9 Å². The van der Waals surface area contributed by atoms with Crippen LogP contribution in [0.4, 0.5) is 0 Å². The second-order valence-corrected chi connectivity index (χ2v) is 2.80. The highest BCUT2D eigenvalue weighted by Gasteiger charge is 2.21. The molecule has 2 amide bonds. The Morgan fingerprint density at radius 2 is 1.62 bits per heavy atom. The van der Waals surface area contributed by atoms with Crippen LogP contribution in [-0.4, -0.2) is 22.0 Å². The number of nitrogens with two attached hydrogens (primary N) is 2. The second kappa shape index (κ2) is 4.47. The topological polar surface area (TPSA) is 151 Å². The number of hydrazine groups is 2. The summed E-state index contributed by atoms with van der Waals surface area (Å²) >= 11 is 0. The minimum atomic E-state index is -0.929. The Morgan fingerprint density at radius 1 is 1.06 bits per heavy atom. The van der Waals surface area contributed by atoms with Gasteiger partial charge in [0.05, 0.1) is 5.56 Å². The monoisotopic (exact) mass is 226 g/mol. The highest BCUT2D eigenvalue weighted by atomic mass is 16.3. The molecule has 0 aliphatic carbocycles. The Hall–Kier alpha value is -2.32. The van der Waals surface area contributed by atoms with Gasteiger partial charge in [0.25, 0.3) is 11.8 Å². The van der Waals surface area contributed by atoms with Crippen LogP contribution in [-0.2, 0) is 0 Å². The molecular formula is C8H10N4O4. The summed E-state index contributed by atoms with van der Waals surface area (Å²) in [7, 11) is 0. The molecule has 8 N–H and O–H groups in total. The SMILES string of the molecule is NNC(=O)c1ccc(O)c(C(=O)NN)c1O. The summed E-state index contributed by atoms with van der Waals surface area (Å²) in [4.78, 5) is 22.4. The molecule has 8 nitrogen and oxygen atoms in total. The highest BCUT2D eigenvalue weighted by molar-refractivity contribution is 6.05. The van der Waals surface area contributed by atoms with Crippen LogP contribution in [0.15, 0.2) is 12.1 Å². The molecule has 0 aliphatic heterocycles. The summed E-state index contributed by atoms with van der Waals surface area (Å²) in [5.74, 6) is 6.79. The number of rotatable bonds is 2. The summed E-state index contributed by atoms with van der Waals surface area (Å²) in [5, 5.41) is 18.9. The van der Waals surface area contributed by atoms with E-state index in [9.17, 15) is 19.8 Å². The van der Waals surface area contributed by atoms with Gasteiger partial charge in [-0.1, -0.05) is 0 Å². The lowest BCUT2D eigenvalue weighted by atomic mass is 10.1. The van der Waals surface area contributed by atoms with Gasteiger partial charge >= 0.3 is 0 Å². The predicted molar refractivity (Wildman–Crippen MR) is 53.1 cm³/mol. The Balaban J connectivity index is 3.38. The number of hydrogen-bond acceptors (Lipinski definition) is 6. The minimum absolute atomic E-state index is 0.251. The van der Waals surface area contributed by atoms with Gasteiger partial charge in [-0.3, -0.25) is 20.4 Å². The third kappa shape index (κ3) is 1.87. The molecule has 0 aromatic heterocycles.